The molecule has 3 N–H and O–H groups in total. The molecule has 5 rings (SSSR count). The van der Waals surface area contributed by atoms with Gasteiger partial charge in [0.25, 0.3) is 10.0 Å². The number of hydrazine groups is 1. The lowest BCUT2D eigenvalue weighted by Crippen LogP contribution is -2.44. The lowest BCUT2D eigenvalue weighted by atomic mass is 10.2. The molecule has 1 aromatic heterocycles. The summed E-state index contributed by atoms with van der Waals surface area (Å²) in [6, 6.07) is 20.7. The van der Waals surface area contributed by atoms with E-state index in [1.165, 1.54) is 4.41 Å². The Morgan fingerprint density at radius 1 is 0.814 bits per heavy atom. The molecule has 2 heterocycles. The molecule has 3 aromatic carbocycles. The van der Waals surface area contributed by atoms with Crippen molar-refractivity contribution in [2.75, 3.05) is 30.3 Å². The molecule has 1 aliphatic rings. The van der Waals surface area contributed by atoms with Crippen LogP contribution in [0.3, 0.4) is 0 Å². The first-order valence-electron chi connectivity index (χ1n) is 14.0. The number of anilines is 4. The molecule has 0 radical (unpaired) electrons. The number of aryl methyl sites for hydroxylation is 1. The van der Waals surface area contributed by atoms with Gasteiger partial charge < -0.3 is 10.6 Å². The van der Waals surface area contributed by atoms with Crippen molar-refractivity contribution in [1.82, 2.24) is 24.1 Å². The van der Waals surface area contributed by atoms with E-state index >= 15 is 0 Å². The first kappa shape index (κ1) is 30.6. The summed E-state index contributed by atoms with van der Waals surface area (Å²) in [4.78, 5) is 9.07. The lowest BCUT2D eigenvalue weighted by Gasteiger charge is -2.29. The van der Waals surface area contributed by atoms with Gasteiger partial charge in [0.05, 0.1) is 27.9 Å². The number of sulfonamides is 2. The molecule has 4 aromatic rings. The van der Waals surface area contributed by atoms with Gasteiger partial charge in [-0.2, -0.15) is 0 Å². The molecular formula is C30H35N7O4S2. The molecule has 43 heavy (non-hydrogen) atoms. The minimum Gasteiger partial charge on any atom is -0.353 e. The zero-order chi connectivity index (χ0) is 30.5. The molecule has 0 bridgehead atoms. The van der Waals surface area contributed by atoms with Crippen molar-refractivity contribution in [2.45, 2.75) is 43.0 Å². The van der Waals surface area contributed by atoms with E-state index in [9.17, 15) is 16.8 Å². The quantitative estimate of drug-likeness (QED) is 0.204. The van der Waals surface area contributed by atoms with Gasteiger partial charge in [0.1, 0.15) is 0 Å². The van der Waals surface area contributed by atoms with Gasteiger partial charge in [0, 0.05) is 37.6 Å². The van der Waals surface area contributed by atoms with Crippen molar-refractivity contribution in [3.05, 3.63) is 96.3 Å². The predicted molar refractivity (Wildman–Crippen MR) is 167 cm³/mol. The minimum atomic E-state index is -3.73. The highest BCUT2D eigenvalue weighted by molar-refractivity contribution is 7.89. The summed E-state index contributed by atoms with van der Waals surface area (Å²) in [5, 5.41) is 8.17. The third-order valence-electron chi connectivity index (χ3n) is 7.11. The van der Waals surface area contributed by atoms with Crippen molar-refractivity contribution in [3.8, 4) is 0 Å². The van der Waals surface area contributed by atoms with Crippen LogP contribution < -0.4 is 15.4 Å². The Labute approximate surface area is 253 Å². The van der Waals surface area contributed by atoms with Crippen LogP contribution in [0, 0.1) is 6.92 Å². The highest BCUT2D eigenvalue weighted by Gasteiger charge is 2.30. The second-order valence-corrected chi connectivity index (χ2v) is 13.8. The Hall–Kier alpha value is -3.88. The number of benzene rings is 3. The highest BCUT2D eigenvalue weighted by Crippen LogP contribution is 2.26. The largest absolute Gasteiger partial charge is 0.353 e. The van der Waals surface area contributed by atoms with Gasteiger partial charge in [0.2, 0.25) is 16.0 Å². The van der Waals surface area contributed by atoms with E-state index < -0.39 is 20.0 Å². The third-order valence-corrected chi connectivity index (χ3v) is 10.4. The van der Waals surface area contributed by atoms with Gasteiger partial charge in [0.15, 0.2) is 0 Å². The fourth-order valence-corrected chi connectivity index (χ4v) is 7.35. The molecule has 1 saturated heterocycles. The van der Waals surface area contributed by atoms with Crippen molar-refractivity contribution in [1.29, 1.82) is 0 Å². The van der Waals surface area contributed by atoms with Crippen molar-refractivity contribution >= 4 is 43.1 Å². The summed E-state index contributed by atoms with van der Waals surface area (Å²) in [7, 11) is -7.37. The van der Waals surface area contributed by atoms with Crippen LogP contribution in [0.4, 0.5) is 23.0 Å². The Morgan fingerprint density at radius 2 is 1.47 bits per heavy atom. The van der Waals surface area contributed by atoms with E-state index in [-0.39, 0.29) is 16.3 Å². The Bertz CT molecular complexity index is 1740. The van der Waals surface area contributed by atoms with Gasteiger partial charge in [-0.25, -0.2) is 36.5 Å². The fraction of sp³-hybridized carbons (Fsp3) is 0.267. The Morgan fingerprint density at radius 3 is 2.12 bits per heavy atom. The average molecular weight is 622 g/mol. The van der Waals surface area contributed by atoms with Gasteiger partial charge in [-0.3, -0.25) is 0 Å². The Kier molecular flexibility index (Phi) is 9.37. The summed E-state index contributed by atoms with van der Waals surface area (Å²) >= 11 is 0. The maximum atomic E-state index is 13.2. The molecule has 0 spiro atoms. The molecule has 13 heteroatoms. The smallest absolute Gasteiger partial charge is 0.255 e. The first-order chi connectivity index (χ1) is 20.7. The first-order valence-corrected chi connectivity index (χ1v) is 17.0. The molecule has 226 valence electrons. The summed E-state index contributed by atoms with van der Waals surface area (Å²) in [5.74, 6) is 0.326. The Balaban J connectivity index is 1.23. The van der Waals surface area contributed by atoms with Crippen LogP contribution >= 0.6 is 0 Å². The fourth-order valence-electron chi connectivity index (χ4n) is 4.78. The zero-order valence-corrected chi connectivity index (χ0v) is 25.7. The van der Waals surface area contributed by atoms with E-state index in [0.29, 0.717) is 29.6 Å². The zero-order valence-electron chi connectivity index (χ0n) is 24.1. The van der Waals surface area contributed by atoms with Crippen LogP contribution in [0.2, 0.25) is 0 Å². The predicted octanol–water partition coefficient (Wildman–Crippen LogP) is 4.77. The monoisotopic (exact) mass is 621 g/mol. The number of nitrogens with zero attached hydrogens (tertiary/aromatic N) is 4. The maximum absolute atomic E-state index is 13.2. The third kappa shape index (κ3) is 7.37. The molecular weight excluding hydrogens is 587 g/mol. The van der Waals surface area contributed by atoms with Crippen LogP contribution in [0.25, 0.3) is 0 Å². The molecule has 0 atom stereocenters. The number of hydrogen-bond acceptors (Lipinski definition) is 9. The molecule has 0 amide bonds. The summed E-state index contributed by atoms with van der Waals surface area (Å²) in [5.41, 5.74) is 3.54. The van der Waals surface area contributed by atoms with E-state index in [1.807, 2.05) is 49.2 Å². The topological polar surface area (TPSA) is 137 Å². The van der Waals surface area contributed by atoms with E-state index in [4.69, 9.17) is 0 Å². The van der Waals surface area contributed by atoms with Crippen LogP contribution in [-0.4, -0.2) is 55.9 Å². The summed E-state index contributed by atoms with van der Waals surface area (Å²) in [6.45, 7) is 5.77. The normalized spacial score (nSPS) is 14.2. The van der Waals surface area contributed by atoms with Crippen molar-refractivity contribution in [3.63, 3.8) is 0 Å². The van der Waals surface area contributed by atoms with E-state index in [0.717, 1.165) is 37.1 Å². The van der Waals surface area contributed by atoms with Crippen molar-refractivity contribution < 1.29 is 16.8 Å². The standard InChI is InChI=1S/C30H35N7O4S2/c1-3-37(36-17-7-8-18-36)43(40,41)27-15-12-25(13-16-27)35-30-31-21-26(22-32-30)34-29-19-28(14-11-23(29)2)42(38,39)33-20-24-9-5-4-6-10-24/h4-6,9-16,19,21-22,33-34H,3,7-8,17-18,20H2,1-2H3,(H,31,32,35). The number of rotatable bonds is 12. The molecule has 1 fully saturated rings. The SMILES string of the molecule is CCN(N1CCCC1)S(=O)(=O)c1ccc(Nc2ncc(Nc3cc(S(=O)(=O)NCc4ccccc4)ccc3C)cn2)cc1. The van der Waals surface area contributed by atoms with Crippen LogP contribution in [0.15, 0.2) is 95.0 Å². The molecule has 11 nitrogen and oxygen atoms in total. The lowest BCUT2D eigenvalue weighted by molar-refractivity contribution is 0.0952. The van der Waals surface area contributed by atoms with E-state index in [1.54, 1.807) is 54.9 Å². The molecule has 0 saturated carbocycles. The highest BCUT2D eigenvalue weighted by atomic mass is 32.2. The van der Waals surface area contributed by atoms with Crippen LogP contribution in [0.1, 0.15) is 30.9 Å². The molecule has 1 aliphatic heterocycles. The maximum Gasteiger partial charge on any atom is 0.255 e. The number of nitrogens with one attached hydrogen (secondary N) is 3. The number of hydrogen-bond donors (Lipinski definition) is 3. The van der Waals surface area contributed by atoms with E-state index in [2.05, 4.69) is 25.3 Å². The van der Waals surface area contributed by atoms with Crippen LogP contribution in [-0.2, 0) is 26.6 Å². The molecule has 0 aliphatic carbocycles. The second kappa shape index (κ2) is 13.2. The van der Waals surface area contributed by atoms with Gasteiger partial charge in [-0.15, -0.1) is 4.41 Å². The summed E-state index contributed by atoms with van der Waals surface area (Å²) in [6.07, 6.45) is 5.14. The van der Waals surface area contributed by atoms with Gasteiger partial charge in [-0.1, -0.05) is 36.4 Å². The average Bonchev–Trinajstić information content (AvgIpc) is 3.54. The van der Waals surface area contributed by atoms with Gasteiger partial charge in [-0.05, 0) is 74.2 Å². The summed E-state index contributed by atoms with van der Waals surface area (Å²) < 4.78 is 56.3. The van der Waals surface area contributed by atoms with Crippen molar-refractivity contribution in [2.24, 2.45) is 0 Å². The molecule has 0 unspecified atom stereocenters. The minimum absolute atomic E-state index is 0.142. The number of aromatic nitrogens is 2. The van der Waals surface area contributed by atoms with Crippen LogP contribution in [0.5, 0.6) is 0 Å². The van der Waals surface area contributed by atoms with Gasteiger partial charge >= 0.3 is 0 Å². The second-order valence-electron chi connectivity index (χ2n) is 10.2.